The first-order chi connectivity index (χ1) is 7.72. The van der Waals surface area contributed by atoms with Gasteiger partial charge in [-0.3, -0.25) is 0 Å². The molecule has 0 aromatic carbocycles. The molecular weight excluding hydrogens is 238 g/mol. The number of thioether (sulfide) groups is 1. The van der Waals surface area contributed by atoms with Crippen LogP contribution in [0.1, 0.15) is 34.1 Å². The Morgan fingerprint density at radius 1 is 1.35 bits per heavy atom. The Labute approximate surface area is 108 Å². The van der Waals surface area contributed by atoms with Gasteiger partial charge in [-0.25, -0.2) is 4.79 Å². The summed E-state index contributed by atoms with van der Waals surface area (Å²) in [6.45, 7) is 7.92. The minimum atomic E-state index is -0.487. The van der Waals surface area contributed by atoms with Gasteiger partial charge in [0.1, 0.15) is 5.60 Å². The molecule has 0 aromatic heterocycles. The largest absolute Gasteiger partial charge is 0.444 e. The zero-order chi connectivity index (χ0) is 13.5. The van der Waals surface area contributed by atoms with Crippen LogP contribution >= 0.6 is 11.8 Å². The number of aliphatic hydroxyl groups is 1. The van der Waals surface area contributed by atoms with Crippen LogP contribution in [0.5, 0.6) is 0 Å². The van der Waals surface area contributed by atoms with E-state index in [9.17, 15) is 9.90 Å². The molecule has 0 aliphatic heterocycles. The summed E-state index contributed by atoms with van der Waals surface area (Å²) in [4.78, 5) is 11.5. The van der Waals surface area contributed by atoms with E-state index in [0.717, 1.165) is 12.2 Å². The third-order valence-corrected chi connectivity index (χ3v) is 2.96. The van der Waals surface area contributed by atoms with E-state index in [0.29, 0.717) is 6.54 Å². The molecule has 0 rings (SSSR count). The van der Waals surface area contributed by atoms with Crippen molar-refractivity contribution in [3.8, 4) is 0 Å². The fourth-order valence-electron chi connectivity index (χ4n) is 1.17. The Morgan fingerprint density at radius 3 is 2.35 bits per heavy atom. The van der Waals surface area contributed by atoms with Crippen molar-refractivity contribution in [2.24, 2.45) is 5.41 Å². The number of ether oxygens (including phenoxy) is 1. The number of hydrogen-bond acceptors (Lipinski definition) is 4. The lowest BCUT2D eigenvalue weighted by atomic mass is 9.88. The van der Waals surface area contributed by atoms with Crippen molar-refractivity contribution in [2.75, 3.05) is 25.2 Å². The molecule has 0 spiro atoms. The number of alkyl carbamates (subject to hydrolysis) is 1. The highest BCUT2D eigenvalue weighted by Crippen LogP contribution is 2.21. The molecular formula is C12H25NO3S. The van der Waals surface area contributed by atoms with Gasteiger partial charge in [-0.1, -0.05) is 6.92 Å². The predicted molar refractivity (Wildman–Crippen MR) is 72.4 cm³/mol. The third-order valence-electron chi connectivity index (χ3n) is 2.35. The minimum Gasteiger partial charge on any atom is -0.444 e. The fourth-order valence-corrected chi connectivity index (χ4v) is 1.87. The fraction of sp³-hybridized carbons (Fsp3) is 0.917. The predicted octanol–water partition coefficient (Wildman–Crippen LogP) is 2.26. The maximum atomic E-state index is 11.5. The van der Waals surface area contributed by atoms with Crippen molar-refractivity contribution in [1.82, 2.24) is 5.32 Å². The second-order valence-corrected chi connectivity index (χ2v) is 6.55. The van der Waals surface area contributed by atoms with Crippen LogP contribution in [0.25, 0.3) is 0 Å². The van der Waals surface area contributed by atoms with Crippen LogP contribution in [0.2, 0.25) is 0 Å². The summed E-state index contributed by atoms with van der Waals surface area (Å²) < 4.78 is 5.15. The Kier molecular flexibility index (Phi) is 6.94. The molecule has 0 fully saturated rings. The molecule has 0 radical (unpaired) electrons. The van der Waals surface area contributed by atoms with Gasteiger partial charge in [-0.15, -0.1) is 0 Å². The van der Waals surface area contributed by atoms with Gasteiger partial charge in [0, 0.05) is 12.0 Å². The molecule has 0 bridgehead atoms. The molecule has 0 aliphatic carbocycles. The minimum absolute atomic E-state index is 0.0589. The van der Waals surface area contributed by atoms with E-state index in [2.05, 4.69) is 5.32 Å². The normalized spacial score (nSPS) is 15.2. The summed E-state index contributed by atoms with van der Waals surface area (Å²) in [5.74, 6) is 0.965. The molecule has 102 valence electrons. The SMILES string of the molecule is CSCCC(C)(CO)CNC(=O)OC(C)(C)C. The zero-order valence-corrected chi connectivity index (χ0v) is 12.3. The van der Waals surface area contributed by atoms with Crippen molar-refractivity contribution in [2.45, 2.75) is 39.7 Å². The number of carbonyl (C=O) groups excluding carboxylic acids is 1. The molecule has 0 aliphatic rings. The zero-order valence-electron chi connectivity index (χ0n) is 11.5. The van der Waals surface area contributed by atoms with Gasteiger partial charge >= 0.3 is 6.09 Å². The lowest BCUT2D eigenvalue weighted by molar-refractivity contribution is 0.0476. The Balaban J connectivity index is 4.09. The number of hydrogen-bond donors (Lipinski definition) is 2. The molecule has 2 N–H and O–H groups in total. The van der Waals surface area contributed by atoms with Crippen molar-refractivity contribution in [3.63, 3.8) is 0 Å². The molecule has 1 amide bonds. The standard InChI is InChI=1S/C12H25NO3S/c1-11(2,3)16-10(15)13-8-12(4,9-14)6-7-17-5/h14H,6-9H2,1-5H3,(H,13,15). The van der Waals surface area contributed by atoms with E-state index < -0.39 is 11.7 Å². The van der Waals surface area contributed by atoms with Gasteiger partial charge in [-0.05, 0) is 39.2 Å². The van der Waals surface area contributed by atoms with Crippen molar-refractivity contribution < 1.29 is 14.6 Å². The molecule has 0 saturated carbocycles. The van der Waals surface area contributed by atoms with Crippen LogP contribution in [0, 0.1) is 5.41 Å². The molecule has 5 heteroatoms. The third kappa shape index (κ3) is 8.32. The summed E-state index contributed by atoms with van der Waals surface area (Å²) >= 11 is 1.73. The van der Waals surface area contributed by atoms with Gasteiger partial charge in [-0.2, -0.15) is 11.8 Å². The van der Waals surface area contributed by atoms with Gasteiger partial charge in [0.25, 0.3) is 0 Å². The smallest absolute Gasteiger partial charge is 0.407 e. The molecule has 0 aromatic rings. The highest BCUT2D eigenvalue weighted by Gasteiger charge is 2.25. The van der Waals surface area contributed by atoms with Gasteiger partial charge in [0.05, 0.1) is 6.61 Å². The Morgan fingerprint density at radius 2 is 1.94 bits per heavy atom. The maximum absolute atomic E-state index is 11.5. The van der Waals surface area contributed by atoms with Crippen LogP contribution in [0.3, 0.4) is 0 Å². The van der Waals surface area contributed by atoms with Crippen LogP contribution in [-0.4, -0.2) is 42.0 Å². The topological polar surface area (TPSA) is 58.6 Å². The highest BCUT2D eigenvalue weighted by atomic mass is 32.2. The van der Waals surface area contributed by atoms with Crippen LogP contribution in [0.15, 0.2) is 0 Å². The first-order valence-corrected chi connectivity index (χ1v) is 7.18. The molecule has 4 nitrogen and oxygen atoms in total. The Bertz CT molecular complexity index is 240. The maximum Gasteiger partial charge on any atom is 0.407 e. The van der Waals surface area contributed by atoms with E-state index in [1.54, 1.807) is 11.8 Å². The van der Waals surface area contributed by atoms with Crippen LogP contribution in [-0.2, 0) is 4.74 Å². The second kappa shape index (κ2) is 7.11. The number of amides is 1. The average Bonchev–Trinajstić information content (AvgIpc) is 2.21. The van der Waals surface area contributed by atoms with Crippen LogP contribution in [0.4, 0.5) is 4.79 Å². The number of carbonyl (C=O) groups is 1. The number of nitrogens with one attached hydrogen (secondary N) is 1. The number of rotatable bonds is 6. The molecule has 0 saturated heterocycles. The van der Waals surface area contributed by atoms with E-state index in [1.807, 2.05) is 34.0 Å². The van der Waals surface area contributed by atoms with E-state index >= 15 is 0 Å². The van der Waals surface area contributed by atoms with Crippen molar-refractivity contribution in [3.05, 3.63) is 0 Å². The number of aliphatic hydroxyl groups excluding tert-OH is 1. The quantitative estimate of drug-likeness (QED) is 0.772. The summed E-state index contributed by atoms with van der Waals surface area (Å²) in [5, 5.41) is 12.1. The summed E-state index contributed by atoms with van der Waals surface area (Å²) in [6.07, 6.45) is 2.46. The van der Waals surface area contributed by atoms with Gasteiger partial charge in [0.2, 0.25) is 0 Å². The summed E-state index contributed by atoms with van der Waals surface area (Å²) in [5.41, 5.74) is -0.765. The lowest BCUT2D eigenvalue weighted by Gasteiger charge is -2.28. The highest BCUT2D eigenvalue weighted by molar-refractivity contribution is 7.98. The lowest BCUT2D eigenvalue weighted by Crippen LogP contribution is -2.41. The molecule has 1 unspecified atom stereocenters. The van der Waals surface area contributed by atoms with E-state index in [4.69, 9.17) is 4.74 Å². The van der Waals surface area contributed by atoms with Crippen molar-refractivity contribution in [1.29, 1.82) is 0 Å². The summed E-state index contributed by atoms with van der Waals surface area (Å²) in [7, 11) is 0. The first kappa shape index (κ1) is 16.6. The first-order valence-electron chi connectivity index (χ1n) is 5.79. The van der Waals surface area contributed by atoms with Gasteiger partial charge in [0.15, 0.2) is 0 Å². The molecule has 0 heterocycles. The van der Waals surface area contributed by atoms with Gasteiger partial charge < -0.3 is 15.2 Å². The van der Waals surface area contributed by atoms with Crippen LogP contribution < -0.4 is 5.32 Å². The van der Waals surface area contributed by atoms with Crippen molar-refractivity contribution >= 4 is 17.9 Å². The second-order valence-electron chi connectivity index (χ2n) is 5.57. The van der Waals surface area contributed by atoms with E-state index in [1.165, 1.54) is 0 Å². The average molecular weight is 263 g/mol. The molecule has 17 heavy (non-hydrogen) atoms. The summed E-state index contributed by atoms with van der Waals surface area (Å²) in [6, 6.07) is 0. The Hall–Kier alpha value is -0.420. The monoisotopic (exact) mass is 263 g/mol. The molecule has 1 atom stereocenters. The van der Waals surface area contributed by atoms with E-state index in [-0.39, 0.29) is 12.0 Å².